The van der Waals surface area contributed by atoms with E-state index in [1.807, 2.05) is 31.2 Å². The minimum atomic E-state index is -0.849. The minimum Gasteiger partial charge on any atom is -0.481 e. The zero-order valence-electron chi connectivity index (χ0n) is 20.2. The van der Waals surface area contributed by atoms with Gasteiger partial charge < -0.3 is 20.5 Å². The summed E-state index contributed by atoms with van der Waals surface area (Å²) >= 11 is 0. The molecule has 2 aliphatic rings. The Hall–Kier alpha value is -3.35. The lowest BCUT2D eigenvalue weighted by Crippen LogP contribution is -2.45. The van der Waals surface area contributed by atoms with E-state index in [1.165, 1.54) is 11.1 Å². The zero-order valence-corrected chi connectivity index (χ0v) is 20.2. The van der Waals surface area contributed by atoms with E-state index in [0.717, 1.165) is 24.0 Å². The Morgan fingerprint density at radius 1 is 1.00 bits per heavy atom. The van der Waals surface area contributed by atoms with Crippen molar-refractivity contribution >= 4 is 18.0 Å². The minimum absolute atomic E-state index is 0.00308. The van der Waals surface area contributed by atoms with Gasteiger partial charge in [-0.15, -0.1) is 0 Å². The Labute approximate surface area is 206 Å². The van der Waals surface area contributed by atoms with Crippen LogP contribution < -0.4 is 10.6 Å². The number of amides is 2. The van der Waals surface area contributed by atoms with Crippen LogP contribution in [-0.2, 0) is 14.3 Å². The number of carbonyl (C=O) groups is 3. The molecule has 0 heterocycles. The molecule has 2 aromatic rings. The highest BCUT2D eigenvalue weighted by Crippen LogP contribution is 2.44. The first-order chi connectivity index (χ1) is 17.0. The van der Waals surface area contributed by atoms with E-state index in [2.05, 4.69) is 34.9 Å². The van der Waals surface area contributed by atoms with Crippen molar-refractivity contribution in [1.29, 1.82) is 0 Å². The fourth-order valence-electron chi connectivity index (χ4n) is 5.37. The third-order valence-corrected chi connectivity index (χ3v) is 7.31. The van der Waals surface area contributed by atoms with Crippen LogP contribution in [-0.4, -0.2) is 41.8 Å². The fourth-order valence-corrected chi connectivity index (χ4v) is 5.37. The Balaban J connectivity index is 1.26. The monoisotopic (exact) mass is 478 g/mol. The van der Waals surface area contributed by atoms with Gasteiger partial charge in [0.2, 0.25) is 5.91 Å². The van der Waals surface area contributed by atoms with Gasteiger partial charge in [-0.2, -0.15) is 0 Å². The highest BCUT2D eigenvalue weighted by molar-refractivity contribution is 5.79. The zero-order chi connectivity index (χ0) is 24.8. The van der Waals surface area contributed by atoms with Crippen LogP contribution in [0.2, 0.25) is 0 Å². The molecule has 0 saturated heterocycles. The van der Waals surface area contributed by atoms with Crippen molar-refractivity contribution in [3.63, 3.8) is 0 Å². The molecule has 7 nitrogen and oxygen atoms in total. The Morgan fingerprint density at radius 2 is 1.63 bits per heavy atom. The number of aliphatic carboxylic acids is 1. The van der Waals surface area contributed by atoms with Gasteiger partial charge in [-0.1, -0.05) is 68.3 Å². The molecule has 2 aliphatic carbocycles. The van der Waals surface area contributed by atoms with Gasteiger partial charge in [0.1, 0.15) is 6.61 Å². The maximum absolute atomic E-state index is 12.6. The summed E-state index contributed by atoms with van der Waals surface area (Å²) in [4.78, 5) is 36.5. The summed E-state index contributed by atoms with van der Waals surface area (Å²) in [6, 6.07) is 15.9. The molecule has 0 aromatic heterocycles. The number of carboxylic acid groups (broad SMARTS) is 1. The molecule has 3 N–H and O–H groups in total. The fraction of sp³-hybridized carbons (Fsp3) is 0.464. The average Bonchev–Trinajstić information content (AvgIpc) is 3.19. The quantitative estimate of drug-likeness (QED) is 0.478. The van der Waals surface area contributed by atoms with E-state index in [1.54, 1.807) is 0 Å². The summed E-state index contributed by atoms with van der Waals surface area (Å²) < 4.78 is 5.62. The van der Waals surface area contributed by atoms with E-state index in [4.69, 9.17) is 4.74 Å². The lowest BCUT2D eigenvalue weighted by atomic mass is 9.84. The van der Waals surface area contributed by atoms with Crippen molar-refractivity contribution in [2.45, 2.75) is 69.9 Å². The topological polar surface area (TPSA) is 105 Å². The van der Waals surface area contributed by atoms with Gasteiger partial charge in [0.05, 0.1) is 5.92 Å². The van der Waals surface area contributed by atoms with Gasteiger partial charge in [0.15, 0.2) is 0 Å². The summed E-state index contributed by atoms with van der Waals surface area (Å²) in [5.41, 5.74) is 4.68. The van der Waals surface area contributed by atoms with E-state index in [0.29, 0.717) is 25.7 Å². The summed E-state index contributed by atoms with van der Waals surface area (Å²) in [6.45, 7) is 2.20. The second-order valence-electron chi connectivity index (χ2n) is 9.52. The molecule has 4 rings (SSSR count). The maximum Gasteiger partial charge on any atom is 0.407 e. The normalized spacial score (nSPS) is 19.8. The molecule has 0 radical (unpaired) electrons. The molecule has 3 atom stereocenters. The average molecular weight is 479 g/mol. The maximum atomic E-state index is 12.6. The molecule has 1 saturated carbocycles. The van der Waals surface area contributed by atoms with E-state index < -0.39 is 18.0 Å². The number of nitrogens with one attached hydrogen (secondary N) is 2. The Morgan fingerprint density at radius 3 is 2.26 bits per heavy atom. The van der Waals surface area contributed by atoms with Crippen molar-refractivity contribution in [1.82, 2.24) is 10.6 Å². The summed E-state index contributed by atoms with van der Waals surface area (Å²) in [5, 5.41) is 15.2. The number of carboxylic acids is 1. The van der Waals surface area contributed by atoms with E-state index >= 15 is 0 Å². The van der Waals surface area contributed by atoms with Gasteiger partial charge in [-0.05, 0) is 47.9 Å². The van der Waals surface area contributed by atoms with Gasteiger partial charge >= 0.3 is 12.1 Å². The van der Waals surface area contributed by atoms with Crippen LogP contribution in [0.25, 0.3) is 11.1 Å². The first-order valence-electron chi connectivity index (χ1n) is 12.6. The van der Waals surface area contributed by atoms with Gasteiger partial charge in [0, 0.05) is 24.4 Å². The smallest absolute Gasteiger partial charge is 0.407 e. The molecule has 2 aromatic carbocycles. The standard InChI is InChI=1S/C28H34N2O5/c1-2-18(15-16-26(31)30-25-14-8-7-13-23(25)27(32)33)29-28(34)35-17-24-21-11-5-3-9-19(21)20-10-4-6-12-22(20)24/h3-6,9-12,18,23-25H,2,7-8,13-17H2,1H3,(H,29,34)(H,30,31)(H,32,33)/t18?,23-,25+/m0/s1. The van der Waals surface area contributed by atoms with Crippen molar-refractivity contribution in [2.75, 3.05) is 6.61 Å². The van der Waals surface area contributed by atoms with Crippen molar-refractivity contribution < 1.29 is 24.2 Å². The molecule has 1 unspecified atom stereocenters. The van der Waals surface area contributed by atoms with Crippen LogP contribution in [0, 0.1) is 5.92 Å². The van der Waals surface area contributed by atoms with Crippen LogP contribution in [0.1, 0.15) is 68.9 Å². The second-order valence-corrected chi connectivity index (χ2v) is 9.52. The number of hydrogen-bond acceptors (Lipinski definition) is 4. The molecule has 0 spiro atoms. The summed E-state index contributed by atoms with van der Waals surface area (Å²) in [5.74, 6) is -1.54. The molecule has 0 bridgehead atoms. The molecule has 2 amide bonds. The first kappa shape index (κ1) is 24.8. The predicted octanol–water partition coefficient (Wildman–Crippen LogP) is 4.84. The number of rotatable bonds is 9. The number of hydrogen-bond donors (Lipinski definition) is 3. The highest BCUT2D eigenvalue weighted by atomic mass is 16.5. The molecule has 35 heavy (non-hydrogen) atoms. The van der Waals surface area contributed by atoms with Crippen LogP contribution in [0.5, 0.6) is 0 Å². The molecular formula is C28H34N2O5. The lowest BCUT2D eigenvalue weighted by molar-refractivity contribution is -0.144. The number of alkyl carbamates (subject to hydrolysis) is 1. The predicted molar refractivity (Wildman–Crippen MR) is 133 cm³/mol. The second kappa shape index (κ2) is 11.4. The summed E-state index contributed by atoms with van der Waals surface area (Å²) in [7, 11) is 0. The van der Waals surface area contributed by atoms with Crippen LogP contribution >= 0.6 is 0 Å². The first-order valence-corrected chi connectivity index (χ1v) is 12.6. The Kier molecular flexibility index (Phi) is 8.06. The van der Waals surface area contributed by atoms with E-state index in [9.17, 15) is 19.5 Å². The van der Waals surface area contributed by atoms with Gasteiger partial charge in [0.25, 0.3) is 0 Å². The van der Waals surface area contributed by atoms with Crippen LogP contribution in [0.15, 0.2) is 48.5 Å². The third-order valence-electron chi connectivity index (χ3n) is 7.31. The molecule has 186 valence electrons. The van der Waals surface area contributed by atoms with Crippen molar-refractivity contribution in [2.24, 2.45) is 5.92 Å². The van der Waals surface area contributed by atoms with Crippen molar-refractivity contribution in [3.8, 4) is 11.1 Å². The number of fused-ring (bicyclic) bond motifs is 3. The third kappa shape index (κ3) is 5.84. The largest absolute Gasteiger partial charge is 0.481 e. The number of carbonyl (C=O) groups excluding carboxylic acids is 2. The van der Waals surface area contributed by atoms with Crippen molar-refractivity contribution in [3.05, 3.63) is 59.7 Å². The SMILES string of the molecule is CCC(CCC(=O)N[C@@H]1CCCC[C@@H]1C(=O)O)NC(=O)OCC1c2ccccc2-c2ccccc21. The Bertz CT molecular complexity index is 1020. The van der Waals surface area contributed by atoms with Gasteiger partial charge in [-0.25, -0.2) is 4.79 Å². The lowest BCUT2D eigenvalue weighted by Gasteiger charge is -2.29. The molecular weight excluding hydrogens is 444 g/mol. The highest BCUT2D eigenvalue weighted by Gasteiger charge is 2.32. The van der Waals surface area contributed by atoms with Crippen LogP contribution in [0.3, 0.4) is 0 Å². The molecule has 7 heteroatoms. The number of benzene rings is 2. The van der Waals surface area contributed by atoms with Crippen LogP contribution in [0.4, 0.5) is 4.79 Å². The van der Waals surface area contributed by atoms with Gasteiger partial charge in [-0.3, -0.25) is 9.59 Å². The van der Waals surface area contributed by atoms with E-state index in [-0.39, 0.29) is 36.9 Å². The number of ether oxygens (including phenoxy) is 1. The summed E-state index contributed by atoms with van der Waals surface area (Å²) in [6.07, 6.45) is 3.97. The molecule has 1 fully saturated rings. The molecule has 0 aliphatic heterocycles.